The summed E-state index contributed by atoms with van der Waals surface area (Å²) in [6.45, 7) is 4.64. The van der Waals surface area contributed by atoms with Gasteiger partial charge in [-0.3, -0.25) is 14.9 Å². The minimum atomic E-state index is -0.465. The van der Waals surface area contributed by atoms with Gasteiger partial charge < -0.3 is 4.90 Å². The van der Waals surface area contributed by atoms with Crippen molar-refractivity contribution in [3.8, 4) is 0 Å². The molecule has 0 N–H and O–H groups in total. The molecule has 0 fully saturated rings. The summed E-state index contributed by atoms with van der Waals surface area (Å²) in [5, 5.41) is 11.5. The number of hydrogen-bond acceptors (Lipinski definition) is 3. The fraction of sp³-hybridized carbons (Fsp3) is 0.417. The maximum atomic E-state index is 12.2. The van der Waals surface area contributed by atoms with Gasteiger partial charge in [-0.2, -0.15) is 0 Å². The quantitative estimate of drug-likeness (QED) is 0.477. The highest BCUT2D eigenvalue weighted by molar-refractivity contribution is 9.09. The molecule has 0 aliphatic carbocycles. The summed E-state index contributed by atoms with van der Waals surface area (Å²) in [4.78, 5) is 24.3. The van der Waals surface area contributed by atoms with Crippen LogP contribution in [0.25, 0.3) is 0 Å². The van der Waals surface area contributed by atoms with Crippen LogP contribution >= 0.6 is 15.9 Å². The van der Waals surface area contributed by atoms with Crippen LogP contribution in [0.5, 0.6) is 0 Å². The van der Waals surface area contributed by atoms with Gasteiger partial charge in [-0.25, -0.2) is 0 Å². The predicted octanol–water partition coefficient (Wildman–Crippen LogP) is 2.76. The first-order valence-electron chi connectivity index (χ1n) is 5.62. The fourth-order valence-corrected chi connectivity index (χ4v) is 2.16. The zero-order valence-electron chi connectivity index (χ0n) is 10.4. The van der Waals surface area contributed by atoms with Crippen LogP contribution in [-0.4, -0.2) is 34.2 Å². The molecule has 0 aliphatic rings. The molecule has 1 rings (SSSR count). The molecule has 1 aromatic rings. The topological polar surface area (TPSA) is 63.5 Å². The Bertz CT molecular complexity index is 463. The Labute approximate surface area is 114 Å². The third kappa shape index (κ3) is 3.07. The molecule has 1 amide bonds. The first-order valence-corrected chi connectivity index (χ1v) is 6.74. The SMILES string of the molecule is CCN(CCBr)C(=O)c1cccc([N+](=O)[O-])c1C. The van der Waals surface area contributed by atoms with E-state index in [-0.39, 0.29) is 11.6 Å². The Morgan fingerprint density at radius 3 is 2.67 bits per heavy atom. The van der Waals surface area contributed by atoms with Crippen molar-refractivity contribution in [1.29, 1.82) is 0 Å². The summed E-state index contributed by atoms with van der Waals surface area (Å²) in [6, 6.07) is 4.58. The van der Waals surface area contributed by atoms with E-state index in [1.54, 1.807) is 24.0 Å². The second-order valence-electron chi connectivity index (χ2n) is 3.78. The summed E-state index contributed by atoms with van der Waals surface area (Å²) in [6.07, 6.45) is 0. The average molecular weight is 315 g/mol. The van der Waals surface area contributed by atoms with Crippen molar-refractivity contribution in [2.24, 2.45) is 0 Å². The van der Waals surface area contributed by atoms with Crippen LogP contribution in [0, 0.1) is 17.0 Å². The molecule has 0 bridgehead atoms. The molecule has 0 atom stereocenters. The number of rotatable bonds is 5. The van der Waals surface area contributed by atoms with Crippen LogP contribution in [0.2, 0.25) is 0 Å². The zero-order chi connectivity index (χ0) is 13.7. The maximum absolute atomic E-state index is 12.2. The second kappa shape index (κ2) is 6.49. The Hall–Kier alpha value is -1.43. The highest BCUT2D eigenvalue weighted by Gasteiger charge is 2.21. The van der Waals surface area contributed by atoms with E-state index in [1.165, 1.54) is 6.07 Å². The molecule has 18 heavy (non-hydrogen) atoms. The van der Waals surface area contributed by atoms with E-state index in [2.05, 4.69) is 15.9 Å². The van der Waals surface area contributed by atoms with Gasteiger partial charge in [0.2, 0.25) is 0 Å². The molecule has 0 saturated heterocycles. The van der Waals surface area contributed by atoms with Crippen molar-refractivity contribution in [3.05, 3.63) is 39.4 Å². The van der Waals surface area contributed by atoms with Crippen LogP contribution in [0.1, 0.15) is 22.8 Å². The molecule has 0 heterocycles. The smallest absolute Gasteiger partial charge is 0.273 e. The Morgan fingerprint density at radius 2 is 2.17 bits per heavy atom. The van der Waals surface area contributed by atoms with Gasteiger partial charge in [0.25, 0.3) is 11.6 Å². The number of amides is 1. The number of nitro groups is 1. The zero-order valence-corrected chi connectivity index (χ0v) is 11.9. The van der Waals surface area contributed by atoms with Crippen molar-refractivity contribution in [2.45, 2.75) is 13.8 Å². The highest BCUT2D eigenvalue weighted by atomic mass is 79.9. The Balaban J connectivity index is 3.13. The van der Waals surface area contributed by atoms with Gasteiger partial charge >= 0.3 is 0 Å². The number of carbonyl (C=O) groups excluding carboxylic acids is 1. The monoisotopic (exact) mass is 314 g/mol. The normalized spacial score (nSPS) is 10.2. The first kappa shape index (κ1) is 14.6. The molecular formula is C12H15BrN2O3. The minimum Gasteiger partial charge on any atom is -0.338 e. The number of nitrogens with zero attached hydrogens (tertiary/aromatic N) is 2. The molecule has 0 aromatic heterocycles. The first-order chi connectivity index (χ1) is 8.52. The lowest BCUT2D eigenvalue weighted by atomic mass is 10.1. The number of nitro benzene ring substituents is 1. The van der Waals surface area contributed by atoms with Crippen LogP contribution in [0.15, 0.2) is 18.2 Å². The molecule has 98 valence electrons. The van der Waals surface area contributed by atoms with Crippen LogP contribution in [0.3, 0.4) is 0 Å². The largest absolute Gasteiger partial charge is 0.338 e. The highest BCUT2D eigenvalue weighted by Crippen LogP contribution is 2.22. The Kier molecular flexibility index (Phi) is 5.27. The summed E-state index contributed by atoms with van der Waals surface area (Å²) in [7, 11) is 0. The third-order valence-corrected chi connectivity index (χ3v) is 3.11. The van der Waals surface area contributed by atoms with Crippen molar-refractivity contribution in [3.63, 3.8) is 0 Å². The van der Waals surface area contributed by atoms with Gasteiger partial charge in [0.1, 0.15) is 0 Å². The molecule has 1 aromatic carbocycles. The number of hydrogen-bond donors (Lipinski definition) is 0. The van der Waals surface area contributed by atoms with Crippen LogP contribution in [0.4, 0.5) is 5.69 Å². The number of alkyl halides is 1. The summed E-state index contributed by atoms with van der Waals surface area (Å²) in [5.74, 6) is -0.168. The van der Waals surface area contributed by atoms with E-state index in [4.69, 9.17) is 0 Å². The Morgan fingerprint density at radius 1 is 1.50 bits per heavy atom. The fourth-order valence-electron chi connectivity index (χ4n) is 1.73. The van der Waals surface area contributed by atoms with Crippen molar-refractivity contribution < 1.29 is 9.72 Å². The minimum absolute atomic E-state index is 0.0178. The van der Waals surface area contributed by atoms with E-state index in [0.29, 0.717) is 29.5 Å². The van der Waals surface area contributed by atoms with E-state index in [9.17, 15) is 14.9 Å². The van der Waals surface area contributed by atoms with Gasteiger partial charge in [0.05, 0.1) is 4.92 Å². The summed E-state index contributed by atoms with van der Waals surface area (Å²) < 4.78 is 0. The molecule has 0 saturated carbocycles. The van der Waals surface area contributed by atoms with E-state index < -0.39 is 4.92 Å². The van der Waals surface area contributed by atoms with Crippen LogP contribution in [-0.2, 0) is 0 Å². The lowest BCUT2D eigenvalue weighted by Gasteiger charge is -2.20. The predicted molar refractivity (Wildman–Crippen MR) is 73.2 cm³/mol. The molecular weight excluding hydrogens is 300 g/mol. The lowest BCUT2D eigenvalue weighted by molar-refractivity contribution is -0.385. The van der Waals surface area contributed by atoms with Gasteiger partial charge in [-0.15, -0.1) is 0 Å². The molecule has 0 spiro atoms. The second-order valence-corrected chi connectivity index (χ2v) is 4.57. The van der Waals surface area contributed by atoms with E-state index in [0.717, 1.165) is 0 Å². The number of halogens is 1. The molecule has 6 heteroatoms. The average Bonchev–Trinajstić information content (AvgIpc) is 2.35. The van der Waals surface area contributed by atoms with Crippen molar-refractivity contribution in [1.82, 2.24) is 4.90 Å². The summed E-state index contributed by atoms with van der Waals surface area (Å²) in [5.41, 5.74) is 0.795. The van der Waals surface area contributed by atoms with Gasteiger partial charge in [0.15, 0.2) is 0 Å². The molecule has 5 nitrogen and oxygen atoms in total. The van der Waals surface area contributed by atoms with Crippen LogP contribution < -0.4 is 0 Å². The van der Waals surface area contributed by atoms with Gasteiger partial charge in [-0.1, -0.05) is 22.0 Å². The van der Waals surface area contributed by atoms with Crippen molar-refractivity contribution >= 4 is 27.5 Å². The molecule has 0 radical (unpaired) electrons. The third-order valence-electron chi connectivity index (χ3n) is 2.76. The van der Waals surface area contributed by atoms with Gasteiger partial charge in [0, 0.05) is 35.6 Å². The molecule has 0 aliphatic heterocycles. The number of benzene rings is 1. The van der Waals surface area contributed by atoms with Gasteiger partial charge in [-0.05, 0) is 19.9 Å². The van der Waals surface area contributed by atoms with E-state index in [1.807, 2.05) is 6.92 Å². The maximum Gasteiger partial charge on any atom is 0.273 e. The lowest BCUT2D eigenvalue weighted by Crippen LogP contribution is -2.33. The molecule has 0 unspecified atom stereocenters. The van der Waals surface area contributed by atoms with E-state index >= 15 is 0 Å². The summed E-state index contributed by atoms with van der Waals surface area (Å²) >= 11 is 3.29. The standard InChI is InChI=1S/C12H15BrN2O3/c1-3-14(8-7-13)12(16)10-5-4-6-11(9(10)2)15(17)18/h4-6H,3,7-8H2,1-2H3. The number of carbonyl (C=O) groups is 1. The van der Waals surface area contributed by atoms with Crippen molar-refractivity contribution in [2.75, 3.05) is 18.4 Å².